The number of rotatable bonds is 4. The van der Waals surface area contributed by atoms with Crippen LogP contribution in [0.25, 0.3) is 0 Å². The van der Waals surface area contributed by atoms with Crippen LogP contribution in [-0.2, 0) is 5.60 Å². The molecule has 0 bridgehead atoms. The lowest BCUT2D eigenvalue weighted by atomic mass is 10.00. The number of phenols is 1. The molecular formula is C14H14BrNO2S. The molecular weight excluding hydrogens is 326 g/mol. The maximum atomic E-state index is 10.3. The monoisotopic (exact) mass is 339 g/mol. The minimum absolute atomic E-state index is 0.169. The van der Waals surface area contributed by atoms with Gasteiger partial charge in [-0.1, -0.05) is 15.9 Å². The highest BCUT2D eigenvalue weighted by molar-refractivity contribution is 9.10. The van der Waals surface area contributed by atoms with E-state index in [9.17, 15) is 10.2 Å². The van der Waals surface area contributed by atoms with Gasteiger partial charge < -0.3 is 10.2 Å². The Balaban J connectivity index is 2.10. The van der Waals surface area contributed by atoms with Crippen molar-refractivity contribution in [3.05, 3.63) is 50.6 Å². The van der Waals surface area contributed by atoms with Crippen LogP contribution in [0.4, 0.5) is 0 Å². The number of phenolic OH excluding ortho intramolecular Hbond substituents is 1. The van der Waals surface area contributed by atoms with Gasteiger partial charge in [0, 0.05) is 16.3 Å². The molecule has 0 spiro atoms. The number of nitrogens with zero attached hydrogens (tertiary/aromatic N) is 1. The van der Waals surface area contributed by atoms with Crippen LogP contribution < -0.4 is 0 Å². The predicted molar refractivity (Wildman–Crippen MR) is 82.2 cm³/mol. The molecule has 0 aliphatic heterocycles. The normalized spacial score (nSPS) is 14.7. The van der Waals surface area contributed by atoms with Crippen molar-refractivity contribution in [2.75, 3.05) is 6.54 Å². The van der Waals surface area contributed by atoms with Crippen molar-refractivity contribution in [1.29, 1.82) is 0 Å². The third-order valence-electron chi connectivity index (χ3n) is 2.76. The van der Waals surface area contributed by atoms with Crippen molar-refractivity contribution in [3.8, 4) is 5.75 Å². The van der Waals surface area contributed by atoms with Gasteiger partial charge in [0.05, 0.1) is 6.54 Å². The topological polar surface area (TPSA) is 52.8 Å². The second-order valence-corrected chi connectivity index (χ2v) is 6.15. The molecule has 0 saturated carbocycles. The summed E-state index contributed by atoms with van der Waals surface area (Å²) in [5, 5.41) is 23.8. The highest BCUT2D eigenvalue weighted by Crippen LogP contribution is 2.24. The van der Waals surface area contributed by atoms with E-state index in [0.29, 0.717) is 5.56 Å². The summed E-state index contributed by atoms with van der Waals surface area (Å²) in [6, 6.07) is 7.02. The molecule has 5 heteroatoms. The number of thiophene rings is 1. The van der Waals surface area contributed by atoms with Gasteiger partial charge in [-0.3, -0.25) is 4.99 Å². The Morgan fingerprint density at radius 1 is 1.42 bits per heavy atom. The fourth-order valence-electron chi connectivity index (χ4n) is 1.61. The molecule has 0 aliphatic rings. The van der Waals surface area contributed by atoms with Gasteiger partial charge in [0.25, 0.3) is 0 Å². The molecule has 0 aliphatic carbocycles. The summed E-state index contributed by atoms with van der Waals surface area (Å²) in [5.74, 6) is 0.169. The van der Waals surface area contributed by atoms with Crippen molar-refractivity contribution >= 4 is 33.5 Å². The fraction of sp³-hybridized carbons (Fsp3) is 0.214. The minimum atomic E-state index is -0.988. The number of aliphatic hydroxyl groups is 1. The number of hydrogen-bond acceptors (Lipinski definition) is 4. The summed E-state index contributed by atoms with van der Waals surface area (Å²) in [6.07, 6.45) is 1.57. The Bertz CT molecular complexity index is 579. The third-order valence-corrected chi connectivity index (χ3v) is 3.94. The van der Waals surface area contributed by atoms with Crippen LogP contribution in [0.15, 0.2) is 44.5 Å². The van der Waals surface area contributed by atoms with Gasteiger partial charge in [-0.15, -0.1) is 0 Å². The number of benzene rings is 1. The third kappa shape index (κ3) is 3.65. The number of aromatic hydroxyl groups is 1. The largest absolute Gasteiger partial charge is 0.507 e. The van der Waals surface area contributed by atoms with E-state index < -0.39 is 5.60 Å². The Morgan fingerprint density at radius 3 is 2.89 bits per heavy atom. The smallest absolute Gasteiger partial charge is 0.124 e. The molecule has 3 nitrogen and oxygen atoms in total. The average Bonchev–Trinajstić information content (AvgIpc) is 2.88. The van der Waals surface area contributed by atoms with E-state index >= 15 is 0 Å². The van der Waals surface area contributed by atoms with E-state index in [-0.39, 0.29) is 12.3 Å². The molecule has 1 aromatic carbocycles. The quantitative estimate of drug-likeness (QED) is 0.837. The van der Waals surface area contributed by atoms with Crippen LogP contribution in [0.2, 0.25) is 0 Å². The summed E-state index contributed by atoms with van der Waals surface area (Å²) >= 11 is 4.88. The summed E-state index contributed by atoms with van der Waals surface area (Å²) in [5.41, 5.74) is 0.488. The van der Waals surface area contributed by atoms with Crippen LogP contribution in [0.3, 0.4) is 0 Å². The van der Waals surface area contributed by atoms with Gasteiger partial charge in [-0.05, 0) is 47.5 Å². The SMILES string of the molecule is CC(O)(CN=Cc1cc(Br)ccc1O)c1ccsc1. The van der Waals surface area contributed by atoms with Crippen molar-refractivity contribution in [2.24, 2.45) is 4.99 Å². The predicted octanol–water partition coefficient (Wildman–Crippen LogP) is 3.54. The maximum absolute atomic E-state index is 10.3. The van der Waals surface area contributed by atoms with Gasteiger partial charge in [-0.2, -0.15) is 11.3 Å². The number of aliphatic imine (C=N–C) groups is 1. The molecule has 2 aromatic rings. The minimum Gasteiger partial charge on any atom is -0.507 e. The van der Waals surface area contributed by atoms with Gasteiger partial charge in [0.1, 0.15) is 11.4 Å². The van der Waals surface area contributed by atoms with Crippen LogP contribution >= 0.6 is 27.3 Å². The fourth-order valence-corrected chi connectivity index (χ4v) is 2.77. The lowest BCUT2D eigenvalue weighted by Gasteiger charge is -2.19. The molecule has 1 aromatic heterocycles. The highest BCUT2D eigenvalue weighted by Gasteiger charge is 2.22. The van der Waals surface area contributed by atoms with Crippen LogP contribution in [0, 0.1) is 0 Å². The first-order valence-electron chi connectivity index (χ1n) is 5.72. The lowest BCUT2D eigenvalue weighted by Crippen LogP contribution is -2.24. The van der Waals surface area contributed by atoms with Crippen molar-refractivity contribution < 1.29 is 10.2 Å². The first kappa shape index (κ1) is 14.2. The molecule has 0 radical (unpaired) electrons. The van der Waals surface area contributed by atoms with Crippen molar-refractivity contribution in [2.45, 2.75) is 12.5 Å². The summed E-state index contributed by atoms with van der Waals surface area (Å²) < 4.78 is 0.872. The molecule has 0 amide bonds. The van der Waals surface area contributed by atoms with Gasteiger partial charge in [-0.25, -0.2) is 0 Å². The molecule has 1 unspecified atom stereocenters. The molecule has 1 heterocycles. The lowest BCUT2D eigenvalue weighted by molar-refractivity contribution is 0.0680. The number of hydrogen-bond donors (Lipinski definition) is 2. The summed E-state index contributed by atoms with van der Waals surface area (Å²) in [7, 11) is 0. The average molecular weight is 340 g/mol. The molecule has 1 atom stereocenters. The van der Waals surface area contributed by atoms with E-state index in [2.05, 4.69) is 20.9 Å². The Morgan fingerprint density at radius 2 is 2.21 bits per heavy atom. The molecule has 19 heavy (non-hydrogen) atoms. The molecule has 2 rings (SSSR count). The summed E-state index contributed by atoms with van der Waals surface area (Å²) in [4.78, 5) is 4.22. The second-order valence-electron chi connectivity index (χ2n) is 4.46. The van der Waals surface area contributed by atoms with Crippen LogP contribution in [0.1, 0.15) is 18.1 Å². The maximum Gasteiger partial charge on any atom is 0.124 e. The Kier molecular flexibility index (Phi) is 4.39. The van der Waals surface area contributed by atoms with E-state index in [1.807, 2.05) is 16.8 Å². The first-order valence-corrected chi connectivity index (χ1v) is 7.46. The summed E-state index contributed by atoms with van der Waals surface area (Å²) in [6.45, 7) is 1.98. The first-order chi connectivity index (χ1) is 8.99. The van der Waals surface area contributed by atoms with E-state index in [0.717, 1.165) is 10.0 Å². The van der Waals surface area contributed by atoms with E-state index in [1.165, 1.54) is 0 Å². The van der Waals surface area contributed by atoms with Crippen LogP contribution in [-0.4, -0.2) is 23.0 Å². The zero-order chi connectivity index (χ0) is 13.9. The molecule has 100 valence electrons. The van der Waals surface area contributed by atoms with Gasteiger partial charge in [0.2, 0.25) is 0 Å². The van der Waals surface area contributed by atoms with Crippen LogP contribution in [0.5, 0.6) is 5.75 Å². The van der Waals surface area contributed by atoms with Gasteiger partial charge in [0.15, 0.2) is 0 Å². The van der Waals surface area contributed by atoms with Crippen molar-refractivity contribution in [3.63, 3.8) is 0 Å². The van der Waals surface area contributed by atoms with E-state index in [1.54, 1.807) is 42.7 Å². The second kappa shape index (κ2) is 5.86. The van der Waals surface area contributed by atoms with Crippen molar-refractivity contribution in [1.82, 2.24) is 0 Å². The Labute approximate surface area is 124 Å². The zero-order valence-corrected chi connectivity index (χ0v) is 12.8. The molecule has 0 saturated heterocycles. The highest BCUT2D eigenvalue weighted by atomic mass is 79.9. The number of halogens is 1. The van der Waals surface area contributed by atoms with Gasteiger partial charge >= 0.3 is 0 Å². The standard InChI is InChI=1S/C14H14BrNO2S/c1-14(18,11-4-5-19-8-11)9-16-7-10-6-12(15)2-3-13(10)17/h2-8,17-18H,9H2,1H3. The Hall–Kier alpha value is -1.17. The zero-order valence-electron chi connectivity index (χ0n) is 10.4. The molecule has 0 fully saturated rings. The van der Waals surface area contributed by atoms with E-state index in [4.69, 9.17) is 0 Å². The molecule has 2 N–H and O–H groups in total.